The largest absolute Gasteiger partial charge is 0.457 e. The molecule has 1 aliphatic heterocycles. The van der Waals surface area contributed by atoms with Crippen LogP contribution in [0.25, 0.3) is 33.4 Å². The third-order valence-corrected chi connectivity index (χ3v) is 12.1. The summed E-state index contributed by atoms with van der Waals surface area (Å²) in [5.74, 6) is 2.05. The molecular weight excluding hydrogens is 691 g/mol. The van der Waals surface area contributed by atoms with Crippen LogP contribution in [0.1, 0.15) is 34.6 Å². The highest BCUT2D eigenvalue weighted by Gasteiger charge is 2.53. The van der Waals surface area contributed by atoms with E-state index in [1.54, 1.807) is 0 Å². The van der Waals surface area contributed by atoms with Gasteiger partial charge in [0.05, 0.1) is 11.1 Å². The summed E-state index contributed by atoms with van der Waals surface area (Å²) in [5.41, 5.74) is 16.2. The van der Waals surface area contributed by atoms with Gasteiger partial charge in [0.15, 0.2) is 0 Å². The summed E-state index contributed by atoms with van der Waals surface area (Å²) in [6, 6.07) is 74.7. The minimum absolute atomic E-state index is 0.214. The van der Waals surface area contributed by atoms with Crippen LogP contribution in [0.3, 0.4) is 0 Å². The average molecular weight is 730 g/mol. The van der Waals surface area contributed by atoms with E-state index in [0.29, 0.717) is 0 Å². The molecule has 0 aromatic heterocycles. The molecule has 8 aromatic rings. The smallest absolute Gasteiger partial charge is 0.132 e. The van der Waals surface area contributed by atoms with Crippen LogP contribution in [0.2, 0.25) is 0 Å². The Kier molecular flexibility index (Phi) is 7.89. The molecule has 2 nitrogen and oxygen atoms in total. The number of rotatable bonds is 6. The summed E-state index contributed by atoms with van der Waals surface area (Å²) in [7, 11) is 0. The SMILES string of the molecule is C1=C2Oc3cc(-c4ccccc4)ccc3C3(C2=CCC1c1ccccc1)c1ccccc1-c1ccc(N(c2ccccc2)c2ccccc2-c2ccccc2)cc13. The molecule has 2 unspecified atom stereocenters. The van der Waals surface area contributed by atoms with Gasteiger partial charge in [-0.25, -0.2) is 0 Å². The van der Waals surface area contributed by atoms with Gasteiger partial charge < -0.3 is 9.64 Å². The number of allylic oxidation sites excluding steroid dienone is 3. The average Bonchev–Trinajstić information content (AvgIpc) is 3.57. The zero-order chi connectivity index (χ0) is 37.8. The Hall–Kier alpha value is -7.16. The molecule has 2 aliphatic carbocycles. The first-order chi connectivity index (χ1) is 28.3. The monoisotopic (exact) mass is 729 g/mol. The molecule has 1 spiro atoms. The van der Waals surface area contributed by atoms with Gasteiger partial charge in [0.25, 0.3) is 0 Å². The standard InChI is InChI=1S/C55H39NO/c1-5-17-38(18-6-1)41-29-33-49-53(35-41)57-54-36-42(39-19-7-2-8-20-39)30-34-50(54)55(49)48-27-15-13-26-46(48)47-32-31-44(37-51(47)55)56(43-23-11-4-12-24-43)52-28-16-14-25-45(52)40-21-9-3-10-22-40/h1-29,31-37,42H,30H2. The Morgan fingerprint density at radius 2 is 1.09 bits per heavy atom. The lowest BCUT2D eigenvalue weighted by atomic mass is 9.63. The van der Waals surface area contributed by atoms with Gasteiger partial charge in [-0.2, -0.15) is 0 Å². The number of hydrogen-bond acceptors (Lipinski definition) is 2. The van der Waals surface area contributed by atoms with Crippen LogP contribution in [0.4, 0.5) is 17.1 Å². The highest BCUT2D eigenvalue weighted by atomic mass is 16.5. The molecule has 0 radical (unpaired) electrons. The van der Waals surface area contributed by atoms with Crippen molar-refractivity contribution in [2.75, 3.05) is 4.90 Å². The fraction of sp³-hybridized carbons (Fsp3) is 0.0545. The summed E-state index contributed by atoms with van der Waals surface area (Å²) < 4.78 is 7.13. The van der Waals surface area contributed by atoms with Gasteiger partial charge in [0.1, 0.15) is 11.5 Å². The molecule has 0 N–H and O–H groups in total. The fourth-order valence-corrected chi connectivity index (χ4v) is 9.56. The molecular formula is C55H39NO. The van der Waals surface area contributed by atoms with Gasteiger partial charge >= 0.3 is 0 Å². The van der Waals surface area contributed by atoms with Gasteiger partial charge in [0.2, 0.25) is 0 Å². The predicted molar refractivity (Wildman–Crippen MR) is 234 cm³/mol. The van der Waals surface area contributed by atoms with Crippen LogP contribution in [-0.4, -0.2) is 0 Å². The summed E-state index contributed by atoms with van der Waals surface area (Å²) in [6.07, 6.45) is 5.74. The van der Waals surface area contributed by atoms with E-state index >= 15 is 0 Å². The molecule has 0 saturated heterocycles. The number of ether oxygens (including phenoxy) is 1. The van der Waals surface area contributed by atoms with Crippen molar-refractivity contribution in [3.8, 4) is 39.1 Å². The van der Waals surface area contributed by atoms with Crippen LogP contribution in [-0.2, 0) is 5.41 Å². The minimum atomic E-state index is -0.598. The van der Waals surface area contributed by atoms with E-state index in [9.17, 15) is 0 Å². The van der Waals surface area contributed by atoms with Crippen molar-refractivity contribution < 1.29 is 4.74 Å². The second-order valence-corrected chi connectivity index (χ2v) is 15.2. The van der Waals surface area contributed by atoms with E-state index in [1.165, 1.54) is 55.6 Å². The lowest BCUT2D eigenvalue weighted by Gasteiger charge is -2.43. The van der Waals surface area contributed by atoms with Crippen LogP contribution in [0.5, 0.6) is 5.75 Å². The molecule has 0 fully saturated rings. The number of nitrogens with zero attached hydrogens (tertiary/aromatic N) is 1. The summed E-state index contributed by atoms with van der Waals surface area (Å²) in [6.45, 7) is 0. The third kappa shape index (κ3) is 5.33. The van der Waals surface area contributed by atoms with Crippen LogP contribution in [0, 0.1) is 0 Å². The highest BCUT2D eigenvalue weighted by molar-refractivity contribution is 5.93. The molecule has 3 aliphatic rings. The van der Waals surface area contributed by atoms with Crippen molar-refractivity contribution in [2.24, 2.45) is 0 Å². The molecule has 0 bridgehead atoms. The lowest BCUT2D eigenvalue weighted by molar-refractivity contribution is 0.381. The minimum Gasteiger partial charge on any atom is -0.457 e. The topological polar surface area (TPSA) is 12.5 Å². The first kappa shape index (κ1) is 33.2. The number of hydrogen-bond donors (Lipinski definition) is 0. The number of para-hydroxylation sites is 2. The van der Waals surface area contributed by atoms with Gasteiger partial charge in [-0.3, -0.25) is 0 Å². The zero-order valence-electron chi connectivity index (χ0n) is 31.4. The Bertz CT molecular complexity index is 2840. The molecule has 0 saturated carbocycles. The summed E-state index contributed by atoms with van der Waals surface area (Å²) >= 11 is 0. The van der Waals surface area contributed by atoms with Crippen LogP contribution < -0.4 is 9.64 Å². The second-order valence-electron chi connectivity index (χ2n) is 15.2. The van der Waals surface area contributed by atoms with Crippen molar-refractivity contribution in [3.05, 3.63) is 252 Å². The fourth-order valence-electron chi connectivity index (χ4n) is 9.56. The molecule has 0 amide bonds. The molecule has 11 rings (SSSR count). The maximum absolute atomic E-state index is 7.13. The molecule has 2 atom stereocenters. The van der Waals surface area contributed by atoms with Crippen LogP contribution in [0.15, 0.2) is 230 Å². The van der Waals surface area contributed by atoms with E-state index in [4.69, 9.17) is 4.74 Å². The first-order valence-corrected chi connectivity index (χ1v) is 19.9. The van der Waals surface area contributed by atoms with Crippen LogP contribution >= 0.6 is 0 Å². The quantitative estimate of drug-likeness (QED) is 0.169. The van der Waals surface area contributed by atoms with E-state index in [1.807, 2.05) is 0 Å². The van der Waals surface area contributed by atoms with E-state index in [2.05, 4.69) is 223 Å². The van der Waals surface area contributed by atoms with E-state index < -0.39 is 5.41 Å². The Balaban J connectivity index is 1.18. The van der Waals surface area contributed by atoms with Gasteiger partial charge in [-0.1, -0.05) is 176 Å². The maximum Gasteiger partial charge on any atom is 0.132 e. The van der Waals surface area contributed by atoms with Crippen molar-refractivity contribution in [2.45, 2.75) is 17.8 Å². The Morgan fingerprint density at radius 3 is 1.86 bits per heavy atom. The van der Waals surface area contributed by atoms with E-state index in [0.717, 1.165) is 40.6 Å². The zero-order valence-corrected chi connectivity index (χ0v) is 31.4. The second kappa shape index (κ2) is 13.5. The predicted octanol–water partition coefficient (Wildman–Crippen LogP) is 14.2. The van der Waals surface area contributed by atoms with Gasteiger partial charge in [-0.15, -0.1) is 0 Å². The van der Waals surface area contributed by atoms with Crippen molar-refractivity contribution in [1.82, 2.24) is 0 Å². The Labute approximate surface area is 334 Å². The number of benzene rings is 8. The lowest BCUT2D eigenvalue weighted by Crippen LogP contribution is -2.36. The van der Waals surface area contributed by atoms with Crippen molar-refractivity contribution >= 4 is 17.1 Å². The summed E-state index contributed by atoms with van der Waals surface area (Å²) in [5, 5.41) is 0. The molecule has 8 aromatic carbocycles. The molecule has 1 heterocycles. The Morgan fingerprint density at radius 1 is 0.456 bits per heavy atom. The maximum atomic E-state index is 7.13. The third-order valence-electron chi connectivity index (χ3n) is 12.1. The van der Waals surface area contributed by atoms with Gasteiger partial charge in [-0.05, 0) is 93.4 Å². The van der Waals surface area contributed by atoms with Crippen molar-refractivity contribution in [3.63, 3.8) is 0 Å². The summed E-state index contributed by atoms with van der Waals surface area (Å²) in [4.78, 5) is 2.43. The molecule has 270 valence electrons. The van der Waals surface area contributed by atoms with Gasteiger partial charge in [0, 0.05) is 34.0 Å². The molecule has 2 heteroatoms. The normalized spacial score (nSPS) is 17.3. The first-order valence-electron chi connectivity index (χ1n) is 19.9. The number of anilines is 3. The van der Waals surface area contributed by atoms with Crippen molar-refractivity contribution in [1.29, 1.82) is 0 Å². The molecule has 57 heavy (non-hydrogen) atoms. The number of fused-ring (bicyclic) bond motifs is 9. The van der Waals surface area contributed by atoms with E-state index in [-0.39, 0.29) is 5.92 Å². The highest BCUT2D eigenvalue weighted by Crippen LogP contribution is 2.63.